The molecule has 3 aromatic rings. The number of rotatable bonds is 6. The Labute approximate surface area is 175 Å². The summed E-state index contributed by atoms with van der Waals surface area (Å²) < 4.78 is 8.27. The summed E-state index contributed by atoms with van der Waals surface area (Å²) in [5.74, 6) is 1.22. The smallest absolute Gasteiger partial charge is 0.234 e. The largest absolute Gasteiger partial charge is 0.473 e. The molecular formula is C22H26ClN5O. The molecule has 1 aliphatic carbocycles. The second kappa shape index (κ2) is 7.84. The molecule has 2 aromatic heterocycles. The molecule has 1 saturated carbocycles. The zero-order valence-corrected chi connectivity index (χ0v) is 17.4. The zero-order valence-electron chi connectivity index (χ0n) is 16.6. The minimum Gasteiger partial charge on any atom is -0.473 e. The highest BCUT2D eigenvalue weighted by atomic mass is 35.5. The molecule has 2 aliphatic rings. The van der Waals surface area contributed by atoms with Crippen LogP contribution in [0.25, 0.3) is 5.65 Å². The number of piperidine rings is 1. The predicted molar refractivity (Wildman–Crippen MR) is 115 cm³/mol. The van der Waals surface area contributed by atoms with Gasteiger partial charge in [0.15, 0.2) is 5.65 Å². The van der Waals surface area contributed by atoms with E-state index in [1.165, 1.54) is 18.5 Å². The molecule has 7 heteroatoms. The SMILES string of the molecule is CN1CCC(Oc2cc(NCc3ccccc3Cl)c3ncc(C4CC4)n3n2)CC1. The highest BCUT2D eigenvalue weighted by molar-refractivity contribution is 6.31. The first kappa shape index (κ1) is 18.7. The van der Waals surface area contributed by atoms with Gasteiger partial charge in [-0.1, -0.05) is 29.8 Å². The fraction of sp³-hybridized carbons (Fsp3) is 0.455. The van der Waals surface area contributed by atoms with Crippen LogP contribution in [0.1, 0.15) is 42.9 Å². The predicted octanol–water partition coefficient (Wildman–Crippen LogP) is 4.35. The number of benzene rings is 1. The Bertz CT molecular complexity index is 1010. The van der Waals surface area contributed by atoms with E-state index >= 15 is 0 Å². The first-order valence-electron chi connectivity index (χ1n) is 10.4. The Morgan fingerprint density at radius 3 is 2.72 bits per heavy atom. The van der Waals surface area contributed by atoms with Crippen LogP contribution in [0.2, 0.25) is 5.02 Å². The summed E-state index contributed by atoms with van der Waals surface area (Å²) in [4.78, 5) is 7.00. The van der Waals surface area contributed by atoms with Crippen molar-refractivity contribution < 1.29 is 4.74 Å². The van der Waals surface area contributed by atoms with Crippen molar-refractivity contribution in [3.05, 3.63) is 52.8 Å². The van der Waals surface area contributed by atoms with Gasteiger partial charge in [-0.25, -0.2) is 9.50 Å². The molecule has 5 rings (SSSR count). The summed E-state index contributed by atoms with van der Waals surface area (Å²) in [6.45, 7) is 2.74. The van der Waals surface area contributed by atoms with Crippen molar-refractivity contribution >= 4 is 22.9 Å². The van der Waals surface area contributed by atoms with E-state index in [9.17, 15) is 0 Å². The maximum absolute atomic E-state index is 6.33. The van der Waals surface area contributed by atoms with Crippen LogP contribution in [-0.4, -0.2) is 45.7 Å². The molecule has 6 nitrogen and oxygen atoms in total. The van der Waals surface area contributed by atoms with Crippen molar-refractivity contribution in [3.63, 3.8) is 0 Å². The summed E-state index contributed by atoms with van der Waals surface area (Å²) >= 11 is 6.33. The van der Waals surface area contributed by atoms with E-state index in [1.807, 2.05) is 41.0 Å². The number of aromatic nitrogens is 3. The monoisotopic (exact) mass is 411 g/mol. The number of fused-ring (bicyclic) bond motifs is 1. The molecule has 0 amide bonds. The fourth-order valence-corrected chi connectivity index (χ4v) is 4.12. The third-order valence-electron chi connectivity index (χ3n) is 5.85. The Hall–Kier alpha value is -2.31. The molecule has 2 fully saturated rings. The molecule has 29 heavy (non-hydrogen) atoms. The van der Waals surface area contributed by atoms with E-state index in [4.69, 9.17) is 21.4 Å². The first-order chi connectivity index (χ1) is 14.2. The van der Waals surface area contributed by atoms with Crippen molar-refractivity contribution in [1.82, 2.24) is 19.5 Å². The van der Waals surface area contributed by atoms with Crippen LogP contribution in [0.4, 0.5) is 5.69 Å². The average Bonchev–Trinajstić information content (AvgIpc) is 3.48. The van der Waals surface area contributed by atoms with Gasteiger partial charge < -0.3 is 15.0 Å². The molecule has 0 atom stereocenters. The van der Waals surface area contributed by atoms with E-state index < -0.39 is 0 Å². The van der Waals surface area contributed by atoms with Gasteiger partial charge in [0.2, 0.25) is 5.88 Å². The van der Waals surface area contributed by atoms with Gasteiger partial charge in [-0.15, -0.1) is 5.10 Å². The average molecular weight is 412 g/mol. The van der Waals surface area contributed by atoms with E-state index in [2.05, 4.69) is 22.2 Å². The van der Waals surface area contributed by atoms with E-state index in [0.29, 0.717) is 18.3 Å². The summed E-state index contributed by atoms with van der Waals surface area (Å²) in [5, 5.41) is 9.06. The van der Waals surface area contributed by atoms with Gasteiger partial charge in [0, 0.05) is 36.6 Å². The molecule has 1 saturated heterocycles. The summed E-state index contributed by atoms with van der Waals surface area (Å²) in [5.41, 5.74) is 4.00. The lowest BCUT2D eigenvalue weighted by Crippen LogP contribution is -2.35. The number of halogens is 1. The molecule has 1 N–H and O–H groups in total. The second-order valence-corrected chi connectivity index (χ2v) is 8.56. The maximum atomic E-state index is 6.33. The molecule has 0 radical (unpaired) electrons. The Morgan fingerprint density at radius 2 is 1.97 bits per heavy atom. The van der Waals surface area contributed by atoms with Crippen LogP contribution in [0.3, 0.4) is 0 Å². The number of nitrogens with zero attached hydrogens (tertiary/aromatic N) is 4. The van der Waals surface area contributed by atoms with Crippen LogP contribution < -0.4 is 10.1 Å². The molecule has 152 valence electrons. The number of hydrogen-bond donors (Lipinski definition) is 1. The summed E-state index contributed by atoms with van der Waals surface area (Å²) in [6.07, 6.45) is 6.63. The van der Waals surface area contributed by atoms with Gasteiger partial charge in [-0.2, -0.15) is 0 Å². The van der Waals surface area contributed by atoms with Crippen molar-refractivity contribution in [3.8, 4) is 5.88 Å². The normalized spacial score (nSPS) is 18.3. The zero-order chi connectivity index (χ0) is 19.8. The van der Waals surface area contributed by atoms with Crippen LogP contribution in [0.15, 0.2) is 36.5 Å². The molecule has 1 aromatic carbocycles. The van der Waals surface area contributed by atoms with Crippen LogP contribution in [-0.2, 0) is 6.54 Å². The highest BCUT2D eigenvalue weighted by Gasteiger charge is 2.28. The third kappa shape index (κ3) is 4.05. The minimum atomic E-state index is 0.209. The van der Waals surface area contributed by atoms with E-state index in [-0.39, 0.29) is 6.10 Å². The highest BCUT2D eigenvalue weighted by Crippen LogP contribution is 2.40. The van der Waals surface area contributed by atoms with E-state index in [1.54, 1.807) is 0 Å². The second-order valence-electron chi connectivity index (χ2n) is 8.15. The molecule has 3 heterocycles. The molecule has 0 bridgehead atoms. The van der Waals surface area contributed by atoms with Gasteiger partial charge in [0.25, 0.3) is 0 Å². The van der Waals surface area contributed by atoms with Gasteiger partial charge >= 0.3 is 0 Å². The lowest BCUT2D eigenvalue weighted by molar-refractivity contribution is 0.109. The number of hydrogen-bond acceptors (Lipinski definition) is 5. The Balaban J connectivity index is 1.44. The molecular weight excluding hydrogens is 386 g/mol. The topological polar surface area (TPSA) is 54.7 Å². The number of anilines is 1. The van der Waals surface area contributed by atoms with Crippen LogP contribution in [0, 0.1) is 0 Å². The van der Waals surface area contributed by atoms with Gasteiger partial charge in [-0.05, 0) is 44.4 Å². The molecule has 0 spiro atoms. The maximum Gasteiger partial charge on any atom is 0.234 e. The number of likely N-dealkylation sites (tertiary alicyclic amines) is 1. The standard InChI is InChI=1S/C22H26ClN5O/c1-27-10-8-17(9-11-27)29-21-12-19(24-13-16-4-2-3-5-18(16)23)22-25-14-20(15-6-7-15)28(22)26-21/h2-5,12,14-15,17,24H,6-11,13H2,1H3. The molecule has 0 unspecified atom stereocenters. The van der Waals surface area contributed by atoms with Gasteiger partial charge in [0.05, 0.1) is 17.6 Å². The Kier molecular flexibility index (Phi) is 5.06. The van der Waals surface area contributed by atoms with Gasteiger partial charge in [0.1, 0.15) is 6.10 Å². The van der Waals surface area contributed by atoms with Crippen LogP contribution in [0.5, 0.6) is 5.88 Å². The number of ether oxygens (including phenoxy) is 1. The third-order valence-corrected chi connectivity index (χ3v) is 6.22. The summed E-state index contributed by atoms with van der Waals surface area (Å²) in [7, 11) is 2.16. The Morgan fingerprint density at radius 1 is 1.17 bits per heavy atom. The van der Waals surface area contributed by atoms with Crippen molar-refractivity contribution in [2.75, 3.05) is 25.5 Å². The number of imidazole rings is 1. The van der Waals surface area contributed by atoms with Crippen LogP contribution >= 0.6 is 11.6 Å². The quantitative estimate of drug-likeness (QED) is 0.653. The van der Waals surface area contributed by atoms with E-state index in [0.717, 1.165) is 47.9 Å². The summed E-state index contributed by atoms with van der Waals surface area (Å²) in [6, 6.07) is 9.87. The lowest BCUT2D eigenvalue weighted by Gasteiger charge is -2.29. The fourth-order valence-electron chi connectivity index (χ4n) is 3.91. The van der Waals surface area contributed by atoms with Crippen molar-refractivity contribution in [1.29, 1.82) is 0 Å². The molecule has 1 aliphatic heterocycles. The minimum absolute atomic E-state index is 0.209. The number of nitrogens with one attached hydrogen (secondary N) is 1. The van der Waals surface area contributed by atoms with Crippen molar-refractivity contribution in [2.45, 2.75) is 44.2 Å². The van der Waals surface area contributed by atoms with Crippen molar-refractivity contribution in [2.24, 2.45) is 0 Å². The van der Waals surface area contributed by atoms with Gasteiger partial charge in [-0.3, -0.25) is 0 Å². The first-order valence-corrected chi connectivity index (χ1v) is 10.8. The lowest BCUT2D eigenvalue weighted by atomic mass is 10.1.